The second kappa shape index (κ2) is 7.50. The van der Waals surface area contributed by atoms with Crippen LogP contribution in [0.2, 0.25) is 0 Å². The van der Waals surface area contributed by atoms with E-state index in [0.717, 1.165) is 5.56 Å². The predicted octanol–water partition coefficient (Wildman–Crippen LogP) is 4.64. The number of hydrogen-bond acceptors (Lipinski definition) is 5. The molecule has 1 aliphatic heterocycles. The van der Waals surface area contributed by atoms with Crippen LogP contribution >= 0.6 is 0 Å². The van der Waals surface area contributed by atoms with E-state index < -0.39 is 12.0 Å². The lowest BCUT2D eigenvalue weighted by Gasteiger charge is -2.25. The Bertz CT molecular complexity index is 1420. The van der Waals surface area contributed by atoms with E-state index in [9.17, 15) is 14.4 Å². The number of esters is 1. The van der Waals surface area contributed by atoms with Gasteiger partial charge in [-0.15, -0.1) is 0 Å². The van der Waals surface area contributed by atoms with Gasteiger partial charge in [-0.25, -0.2) is 4.79 Å². The molecule has 0 radical (unpaired) electrons. The first-order valence-corrected chi connectivity index (χ1v) is 10.1. The molecule has 1 atom stereocenters. The zero-order valence-corrected chi connectivity index (χ0v) is 17.5. The maximum Gasteiger partial charge on any atom is 0.337 e. The number of methoxy groups -OCH3 is 1. The normalized spacial score (nSPS) is 15.1. The molecular weight excluding hydrogens is 406 g/mol. The van der Waals surface area contributed by atoms with Gasteiger partial charge in [0, 0.05) is 5.69 Å². The van der Waals surface area contributed by atoms with Crippen LogP contribution in [0.1, 0.15) is 43.6 Å². The lowest BCUT2D eigenvalue weighted by Crippen LogP contribution is -2.29. The summed E-state index contributed by atoms with van der Waals surface area (Å²) in [6.45, 7) is 1.90. The molecule has 0 fully saturated rings. The van der Waals surface area contributed by atoms with Crippen molar-refractivity contribution in [3.63, 3.8) is 0 Å². The summed E-state index contributed by atoms with van der Waals surface area (Å²) in [5.74, 6) is -0.801. The Kier molecular flexibility index (Phi) is 4.63. The van der Waals surface area contributed by atoms with Gasteiger partial charge < -0.3 is 9.15 Å². The standard InChI is InChI=1S/C26H19NO5/c1-15-8-13-20-19(14-15)23(28)21-22(16-9-11-17(12-10-16)26(30)31-2)27(25(29)24(21)32-20)18-6-4-3-5-7-18/h3-14,22H,1-2H3. The summed E-state index contributed by atoms with van der Waals surface area (Å²) >= 11 is 0. The van der Waals surface area contributed by atoms with E-state index in [1.54, 1.807) is 41.3 Å². The molecule has 0 saturated carbocycles. The SMILES string of the molecule is COC(=O)c1ccc(C2c3c(oc4ccc(C)cc4c3=O)C(=O)N2c2ccccc2)cc1. The molecule has 1 amide bonds. The fourth-order valence-corrected chi connectivity index (χ4v) is 4.18. The van der Waals surface area contributed by atoms with Crippen molar-refractivity contribution in [3.8, 4) is 0 Å². The van der Waals surface area contributed by atoms with Crippen LogP contribution in [-0.2, 0) is 4.74 Å². The molecule has 158 valence electrons. The molecule has 5 rings (SSSR count). The third kappa shape index (κ3) is 3.00. The molecule has 1 aliphatic rings. The van der Waals surface area contributed by atoms with Crippen LogP contribution in [0.25, 0.3) is 11.0 Å². The fraction of sp³-hybridized carbons (Fsp3) is 0.115. The number of aryl methyl sites for hydroxylation is 1. The van der Waals surface area contributed by atoms with Gasteiger partial charge in [0.05, 0.1) is 29.7 Å². The Morgan fingerprint density at radius 3 is 2.38 bits per heavy atom. The van der Waals surface area contributed by atoms with Gasteiger partial charge in [-0.1, -0.05) is 42.0 Å². The van der Waals surface area contributed by atoms with E-state index in [2.05, 4.69) is 0 Å². The molecule has 6 heteroatoms. The summed E-state index contributed by atoms with van der Waals surface area (Å²) in [5.41, 5.74) is 3.07. The highest BCUT2D eigenvalue weighted by Gasteiger charge is 2.43. The zero-order chi connectivity index (χ0) is 22.4. The zero-order valence-electron chi connectivity index (χ0n) is 17.5. The third-order valence-electron chi connectivity index (χ3n) is 5.71. The summed E-state index contributed by atoms with van der Waals surface area (Å²) in [7, 11) is 1.32. The van der Waals surface area contributed by atoms with Crippen molar-refractivity contribution in [1.29, 1.82) is 0 Å². The summed E-state index contributed by atoms with van der Waals surface area (Å²) < 4.78 is 10.7. The quantitative estimate of drug-likeness (QED) is 0.447. The second-order valence-electron chi connectivity index (χ2n) is 7.70. The molecule has 32 heavy (non-hydrogen) atoms. The van der Waals surface area contributed by atoms with Crippen molar-refractivity contribution in [2.75, 3.05) is 12.0 Å². The minimum Gasteiger partial charge on any atom is -0.465 e. The molecule has 6 nitrogen and oxygen atoms in total. The van der Waals surface area contributed by atoms with Gasteiger partial charge in [-0.05, 0) is 48.9 Å². The Balaban J connectivity index is 1.76. The van der Waals surface area contributed by atoms with Gasteiger partial charge in [0.15, 0.2) is 5.43 Å². The Morgan fingerprint density at radius 2 is 1.69 bits per heavy atom. The molecule has 1 aromatic heterocycles. The molecular formula is C26H19NO5. The van der Waals surface area contributed by atoms with Crippen molar-refractivity contribution in [3.05, 3.63) is 111 Å². The summed E-state index contributed by atoms with van der Waals surface area (Å²) in [6, 6.07) is 20.5. The van der Waals surface area contributed by atoms with Gasteiger partial charge in [0.1, 0.15) is 5.58 Å². The Labute approximate surface area is 183 Å². The van der Waals surface area contributed by atoms with Crippen LogP contribution in [0.4, 0.5) is 5.69 Å². The first kappa shape index (κ1) is 19.8. The predicted molar refractivity (Wildman–Crippen MR) is 120 cm³/mol. The van der Waals surface area contributed by atoms with Gasteiger partial charge >= 0.3 is 5.97 Å². The average Bonchev–Trinajstić information content (AvgIpc) is 3.12. The average molecular weight is 425 g/mol. The first-order chi connectivity index (χ1) is 15.5. The maximum absolute atomic E-state index is 13.6. The number of anilines is 1. The van der Waals surface area contributed by atoms with E-state index in [-0.39, 0.29) is 17.1 Å². The van der Waals surface area contributed by atoms with E-state index in [0.29, 0.717) is 33.3 Å². The van der Waals surface area contributed by atoms with E-state index in [4.69, 9.17) is 9.15 Å². The van der Waals surface area contributed by atoms with Crippen LogP contribution in [0.15, 0.2) is 82.0 Å². The van der Waals surface area contributed by atoms with Crippen molar-refractivity contribution >= 4 is 28.5 Å². The minimum atomic E-state index is -0.687. The molecule has 0 N–H and O–H groups in total. The number of rotatable bonds is 3. The minimum absolute atomic E-state index is 0.0391. The molecule has 3 aromatic carbocycles. The van der Waals surface area contributed by atoms with Crippen molar-refractivity contribution in [2.24, 2.45) is 0 Å². The van der Waals surface area contributed by atoms with Crippen molar-refractivity contribution in [1.82, 2.24) is 0 Å². The monoisotopic (exact) mass is 425 g/mol. The van der Waals surface area contributed by atoms with Gasteiger partial charge in [0.25, 0.3) is 5.91 Å². The largest absolute Gasteiger partial charge is 0.465 e. The number of ether oxygens (including phenoxy) is 1. The topological polar surface area (TPSA) is 76.8 Å². The summed E-state index contributed by atoms with van der Waals surface area (Å²) in [6.07, 6.45) is 0. The lowest BCUT2D eigenvalue weighted by molar-refractivity contribution is 0.0600. The van der Waals surface area contributed by atoms with Crippen molar-refractivity contribution in [2.45, 2.75) is 13.0 Å². The molecule has 4 aromatic rings. The summed E-state index contributed by atoms with van der Waals surface area (Å²) in [4.78, 5) is 40.5. The highest BCUT2D eigenvalue weighted by Crippen LogP contribution is 2.41. The molecule has 0 bridgehead atoms. The third-order valence-corrected chi connectivity index (χ3v) is 5.71. The van der Waals surface area contributed by atoms with Crippen molar-refractivity contribution < 1.29 is 18.7 Å². The smallest absolute Gasteiger partial charge is 0.337 e. The van der Waals surface area contributed by atoms with Gasteiger partial charge in [-0.3, -0.25) is 14.5 Å². The van der Waals surface area contributed by atoms with Crippen LogP contribution < -0.4 is 10.3 Å². The number of amides is 1. The number of nitrogens with zero attached hydrogens (tertiary/aromatic N) is 1. The van der Waals surface area contributed by atoms with E-state index >= 15 is 0 Å². The highest BCUT2D eigenvalue weighted by atomic mass is 16.5. The van der Waals surface area contributed by atoms with Gasteiger partial charge in [-0.2, -0.15) is 0 Å². The van der Waals surface area contributed by atoms with Crippen LogP contribution in [-0.4, -0.2) is 19.0 Å². The second-order valence-corrected chi connectivity index (χ2v) is 7.70. The Morgan fingerprint density at radius 1 is 0.969 bits per heavy atom. The Hall–Kier alpha value is -4.19. The lowest BCUT2D eigenvalue weighted by atomic mass is 9.97. The molecule has 2 heterocycles. The molecule has 1 unspecified atom stereocenters. The number of fused-ring (bicyclic) bond motifs is 2. The van der Waals surface area contributed by atoms with Gasteiger partial charge in [0.2, 0.25) is 5.76 Å². The maximum atomic E-state index is 13.6. The van der Waals surface area contributed by atoms with Crippen LogP contribution in [0.3, 0.4) is 0 Å². The van der Waals surface area contributed by atoms with Crippen LogP contribution in [0, 0.1) is 6.92 Å². The molecule has 0 spiro atoms. The number of para-hydroxylation sites is 1. The highest BCUT2D eigenvalue weighted by molar-refractivity contribution is 6.10. The summed E-state index contributed by atoms with van der Waals surface area (Å²) in [5, 5.41) is 0.433. The number of benzene rings is 3. The van der Waals surface area contributed by atoms with Crippen LogP contribution in [0.5, 0.6) is 0 Å². The number of hydrogen-bond donors (Lipinski definition) is 0. The number of carbonyl (C=O) groups excluding carboxylic acids is 2. The number of carbonyl (C=O) groups is 2. The molecule has 0 saturated heterocycles. The fourth-order valence-electron chi connectivity index (χ4n) is 4.18. The van der Waals surface area contributed by atoms with E-state index in [1.165, 1.54) is 7.11 Å². The van der Waals surface area contributed by atoms with E-state index in [1.807, 2.05) is 43.3 Å². The molecule has 0 aliphatic carbocycles. The first-order valence-electron chi connectivity index (χ1n) is 10.1.